The molecule has 0 aliphatic carbocycles. The van der Waals surface area contributed by atoms with Gasteiger partial charge in [0.15, 0.2) is 6.61 Å². The van der Waals surface area contributed by atoms with Gasteiger partial charge in [-0.2, -0.15) is 0 Å². The van der Waals surface area contributed by atoms with Gasteiger partial charge in [-0.05, 0) is 30.3 Å². The molecular formula is C21H20Cl2N2O6. The fourth-order valence-corrected chi connectivity index (χ4v) is 3.52. The van der Waals surface area contributed by atoms with E-state index in [4.69, 9.17) is 37.4 Å². The Bertz CT molecular complexity index is 1010. The highest BCUT2D eigenvalue weighted by Crippen LogP contribution is 2.34. The molecule has 0 bridgehead atoms. The molecule has 31 heavy (non-hydrogen) atoms. The second-order valence-electron chi connectivity index (χ2n) is 6.72. The summed E-state index contributed by atoms with van der Waals surface area (Å²) >= 11 is 12.1. The smallest absolute Gasteiger partial charge is 0.311 e. The first kappa shape index (κ1) is 22.7. The van der Waals surface area contributed by atoms with E-state index in [9.17, 15) is 14.4 Å². The molecule has 1 heterocycles. The molecule has 1 aliphatic heterocycles. The number of methoxy groups -OCH3 is 2. The molecule has 0 saturated carbocycles. The first-order valence-corrected chi connectivity index (χ1v) is 10.0. The van der Waals surface area contributed by atoms with Gasteiger partial charge in [0.2, 0.25) is 5.91 Å². The summed E-state index contributed by atoms with van der Waals surface area (Å²) in [5.41, 5.74) is 0.834. The number of hydrogen-bond acceptors (Lipinski definition) is 6. The summed E-state index contributed by atoms with van der Waals surface area (Å²) in [6.07, 6.45) is -0.0460. The SMILES string of the molecule is COc1ccc(NC(=O)COC(=O)[C@@H]2CC(=O)N(c3cc(Cl)ccc3Cl)C2)c(OC)c1. The highest BCUT2D eigenvalue weighted by Gasteiger charge is 2.37. The number of benzene rings is 2. The van der Waals surface area contributed by atoms with Crippen molar-refractivity contribution in [3.8, 4) is 11.5 Å². The van der Waals surface area contributed by atoms with Gasteiger partial charge in [0, 0.05) is 24.1 Å². The summed E-state index contributed by atoms with van der Waals surface area (Å²) < 4.78 is 15.4. The molecule has 2 amide bonds. The second kappa shape index (κ2) is 9.89. The van der Waals surface area contributed by atoms with Crippen LogP contribution in [0.3, 0.4) is 0 Å². The molecule has 1 saturated heterocycles. The molecule has 164 valence electrons. The van der Waals surface area contributed by atoms with Crippen LogP contribution in [0.5, 0.6) is 11.5 Å². The molecule has 0 aromatic heterocycles. The molecule has 8 nitrogen and oxygen atoms in total. The molecule has 0 radical (unpaired) electrons. The van der Waals surface area contributed by atoms with E-state index in [1.54, 1.807) is 36.4 Å². The standard InChI is InChI=1S/C21H20Cl2N2O6/c1-29-14-4-6-16(18(9-14)30-2)24-19(26)11-31-21(28)12-7-20(27)25(10-12)17-8-13(22)3-5-15(17)23/h3-6,8-9,12H,7,10-11H2,1-2H3,(H,24,26)/t12-/m1/s1. The van der Waals surface area contributed by atoms with E-state index in [0.29, 0.717) is 32.9 Å². The first-order valence-electron chi connectivity index (χ1n) is 9.26. The molecule has 1 fully saturated rings. The van der Waals surface area contributed by atoms with E-state index >= 15 is 0 Å². The van der Waals surface area contributed by atoms with Crippen LogP contribution in [0.15, 0.2) is 36.4 Å². The summed E-state index contributed by atoms with van der Waals surface area (Å²) in [6.45, 7) is -0.414. The largest absolute Gasteiger partial charge is 0.497 e. The van der Waals surface area contributed by atoms with Crippen molar-refractivity contribution < 1.29 is 28.6 Å². The molecule has 1 atom stereocenters. The maximum atomic E-state index is 12.4. The molecule has 0 unspecified atom stereocenters. The van der Waals surface area contributed by atoms with Gasteiger partial charge in [0.25, 0.3) is 5.91 Å². The van der Waals surface area contributed by atoms with E-state index in [-0.39, 0.29) is 18.9 Å². The quantitative estimate of drug-likeness (QED) is 0.627. The van der Waals surface area contributed by atoms with Crippen molar-refractivity contribution >= 4 is 52.4 Å². The molecule has 1 N–H and O–H groups in total. The van der Waals surface area contributed by atoms with Gasteiger partial charge in [-0.15, -0.1) is 0 Å². The van der Waals surface area contributed by atoms with Crippen LogP contribution >= 0.6 is 23.2 Å². The Morgan fingerprint density at radius 1 is 1.13 bits per heavy atom. The highest BCUT2D eigenvalue weighted by molar-refractivity contribution is 6.35. The number of hydrogen-bond donors (Lipinski definition) is 1. The summed E-state index contributed by atoms with van der Waals surface area (Å²) in [5, 5.41) is 3.38. The number of rotatable bonds is 7. The van der Waals surface area contributed by atoms with E-state index < -0.39 is 24.4 Å². The van der Waals surface area contributed by atoms with Crippen LogP contribution in [-0.2, 0) is 19.1 Å². The average molecular weight is 467 g/mol. The number of halogens is 2. The molecule has 10 heteroatoms. The Labute approximate surface area is 189 Å². The zero-order chi connectivity index (χ0) is 22.5. The maximum Gasteiger partial charge on any atom is 0.311 e. The summed E-state index contributed by atoms with van der Waals surface area (Å²) in [6, 6.07) is 9.63. The van der Waals surface area contributed by atoms with Crippen molar-refractivity contribution in [2.24, 2.45) is 5.92 Å². The van der Waals surface area contributed by atoms with E-state index in [2.05, 4.69) is 5.32 Å². The Morgan fingerprint density at radius 2 is 1.90 bits per heavy atom. The number of nitrogens with one attached hydrogen (secondary N) is 1. The number of anilines is 2. The van der Waals surface area contributed by atoms with Crippen LogP contribution in [0.1, 0.15) is 6.42 Å². The van der Waals surface area contributed by atoms with Gasteiger partial charge in [0.05, 0.1) is 36.5 Å². The zero-order valence-corrected chi connectivity index (χ0v) is 18.3. The first-order chi connectivity index (χ1) is 14.8. The fourth-order valence-electron chi connectivity index (χ4n) is 3.13. The van der Waals surface area contributed by atoms with Gasteiger partial charge in [-0.1, -0.05) is 23.2 Å². The van der Waals surface area contributed by atoms with Gasteiger partial charge >= 0.3 is 5.97 Å². The maximum absolute atomic E-state index is 12.4. The van der Waals surface area contributed by atoms with Crippen molar-refractivity contribution in [1.82, 2.24) is 0 Å². The van der Waals surface area contributed by atoms with Crippen molar-refractivity contribution in [2.75, 3.05) is 37.6 Å². The van der Waals surface area contributed by atoms with Gasteiger partial charge in [0.1, 0.15) is 11.5 Å². The lowest BCUT2D eigenvalue weighted by Crippen LogP contribution is -2.28. The minimum absolute atomic E-state index is 0.0460. The Kier molecular flexibility index (Phi) is 7.25. The van der Waals surface area contributed by atoms with E-state index in [0.717, 1.165) is 0 Å². The Balaban J connectivity index is 1.57. The Hall–Kier alpha value is -2.97. The van der Waals surface area contributed by atoms with Crippen LogP contribution in [0, 0.1) is 5.92 Å². The van der Waals surface area contributed by atoms with Gasteiger partial charge in [-0.3, -0.25) is 14.4 Å². The molecule has 2 aromatic carbocycles. The van der Waals surface area contributed by atoms with Crippen LogP contribution < -0.4 is 19.7 Å². The fraction of sp³-hybridized carbons (Fsp3) is 0.286. The third-order valence-electron chi connectivity index (χ3n) is 4.69. The number of nitrogens with zero attached hydrogens (tertiary/aromatic N) is 1. The van der Waals surface area contributed by atoms with E-state index in [1.807, 2.05) is 0 Å². The van der Waals surface area contributed by atoms with E-state index in [1.165, 1.54) is 19.1 Å². The van der Waals surface area contributed by atoms with Crippen molar-refractivity contribution in [1.29, 1.82) is 0 Å². The van der Waals surface area contributed by atoms with Crippen LogP contribution in [-0.4, -0.2) is 45.2 Å². The normalized spacial score (nSPS) is 15.5. The van der Waals surface area contributed by atoms with Gasteiger partial charge in [-0.25, -0.2) is 0 Å². The summed E-state index contributed by atoms with van der Waals surface area (Å²) in [7, 11) is 2.97. The topological polar surface area (TPSA) is 94.2 Å². The van der Waals surface area contributed by atoms with Crippen LogP contribution in [0.2, 0.25) is 10.0 Å². The Morgan fingerprint density at radius 3 is 2.61 bits per heavy atom. The highest BCUT2D eigenvalue weighted by atomic mass is 35.5. The number of carbonyl (C=O) groups is 3. The van der Waals surface area contributed by atoms with Crippen molar-refractivity contribution in [2.45, 2.75) is 6.42 Å². The number of amides is 2. The van der Waals surface area contributed by atoms with Crippen LogP contribution in [0.4, 0.5) is 11.4 Å². The average Bonchev–Trinajstić information content (AvgIpc) is 3.15. The number of esters is 1. The van der Waals surface area contributed by atoms with Crippen molar-refractivity contribution in [3.05, 3.63) is 46.4 Å². The molecule has 3 rings (SSSR count). The predicted octanol–water partition coefficient (Wildman–Crippen LogP) is 3.55. The molecular weight excluding hydrogens is 447 g/mol. The second-order valence-corrected chi connectivity index (χ2v) is 7.57. The molecule has 2 aromatic rings. The summed E-state index contributed by atoms with van der Waals surface area (Å²) in [4.78, 5) is 38.4. The lowest BCUT2D eigenvalue weighted by Gasteiger charge is -2.18. The third-order valence-corrected chi connectivity index (χ3v) is 5.24. The minimum atomic E-state index is -0.717. The van der Waals surface area contributed by atoms with Gasteiger partial charge < -0.3 is 24.4 Å². The minimum Gasteiger partial charge on any atom is -0.497 e. The van der Waals surface area contributed by atoms with Crippen molar-refractivity contribution in [3.63, 3.8) is 0 Å². The number of carbonyl (C=O) groups excluding carboxylic acids is 3. The monoisotopic (exact) mass is 466 g/mol. The summed E-state index contributed by atoms with van der Waals surface area (Å²) in [5.74, 6) is -1.22. The van der Waals surface area contributed by atoms with Crippen LogP contribution in [0.25, 0.3) is 0 Å². The zero-order valence-electron chi connectivity index (χ0n) is 16.8. The third kappa shape index (κ3) is 5.39. The molecule has 1 aliphatic rings. The lowest BCUT2D eigenvalue weighted by atomic mass is 10.1. The predicted molar refractivity (Wildman–Crippen MR) is 116 cm³/mol. The number of ether oxygens (including phenoxy) is 3. The molecule has 0 spiro atoms. The lowest BCUT2D eigenvalue weighted by molar-refractivity contribution is -0.151.